The molecule has 9 nitrogen and oxygen atoms in total. The van der Waals surface area contributed by atoms with Crippen molar-refractivity contribution < 1.29 is 28.3 Å². The second kappa shape index (κ2) is 12.7. The maximum absolute atomic E-state index is 14.5. The van der Waals surface area contributed by atoms with Crippen LogP contribution in [0.2, 0.25) is 0 Å². The summed E-state index contributed by atoms with van der Waals surface area (Å²) >= 11 is 1.17. The van der Waals surface area contributed by atoms with E-state index < -0.39 is 23.8 Å². The minimum Gasteiger partial charge on any atom is -0.508 e. The topological polar surface area (TPSA) is 97.3 Å². The average Bonchev–Trinajstić information content (AvgIpc) is 3.53. The Hall–Kier alpha value is -4.68. The second-order valence-electron chi connectivity index (χ2n) is 11.1. The van der Waals surface area contributed by atoms with E-state index in [9.17, 15) is 28.3 Å². The van der Waals surface area contributed by atoms with Crippen LogP contribution in [0.1, 0.15) is 23.1 Å². The molecule has 1 aromatic heterocycles. The lowest BCUT2D eigenvalue weighted by Crippen LogP contribution is -2.75. The molecule has 232 valence electrons. The molecule has 0 spiro atoms. The van der Waals surface area contributed by atoms with E-state index in [1.807, 2.05) is 0 Å². The molecular weight excluding hydrogens is 600 g/mol. The highest BCUT2D eigenvalue weighted by atomic mass is 32.1. The fourth-order valence-corrected chi connectivity index (χ4v) is 6.86. The van der Waals surface area contributed by atoms with Crippen LogP contribution in [0.15, 0.2) is 78.8 Å². The van der Waals surface area contributed by atoms with Gasteiger partial charge in [0.25, 0.3) is 0 Å². The summed E-state index contributed by atoms with van der Waals surface area (Å²) in [4.78, 5) is 49.3. The zero-order valence-electron chi connectivity index (χ0n) is 24.3. The van der Waals surface area contributed by atoms with E-state index in [1.54, 1.807) is 57.9 Å². The fourth-order valence-electron chi connectivity index (χ4n) is 6.12. The minimum atomic E-state index is -0.958. The third kappa shape index (κ3) is 6.03. The van der Waals surface area contributed by atoms with Gasteiger partial charge in [0.15, 0.2) is 0 Å². The Morgan fingerprint density at radius 3 is 2.58 bits per heavy atom. The van der Waals surface area contributed by atoms with Gasteiger partial charge in [-0.15, -0.1) is 17.9 Å². The molecule has 1 N–H and O–H groups in total. The number of nitrogens with zero attached hydrogens (tertiary/aromatic N) is 5. The first-order valence-corrected chi connectivity index (χ1v) is 15.4. The molecule has 3 aromatic carbocycles. The highest BCUT2D eigenvalue weighted by Gasteiger charge is 2.51. The molecule has 6 rings (SSSR count). The molecule has 0 radical (unpaired) electrons. The number of phenols is 1. The number of benzene rings is 3. The van der Waals surface area contributed by atoms with Crippen molar-refractivity contribution in [1.82, 2.24) is 24.8 Å². The van der Waals surface area contributed by atoms with Gasteiger partial charge < -0.3 is 14.9 Å². The van der Waals surface area contributed by atoms with Crippen LogP contribution in [0.25, 0.3) is 10.2 Å². The first kappa shape index (κ1) is 30.4. The number of halogens is 2. The molecule has 2 atom stereocenters. The fraction of sp³-hybridized carbons (Fsp3) is 0.273. The molecule has 3 amide bonds. The van der Waals surface area contributed by atoms with E-state index >= 15 is 0 Å². The van der Waals surface area contributed by atoms with E-state index in [-0.39, 0.29) is 68.9 Å². The number of piperazine rings is 1. The van der Waals surface area contributed by atoms with Crippen LogP contribution in [-0.4, -0.2) is 79.5 Å². The first-order valence-electron chi connectivity index (χ1n) is 14.5. The maximum Gasteiger partial charge on any atom is 0.246 e. The van der Waals surface area contributed by atoms with Crippen LogP contribution < -0.4 is 0 Å². The molecule has 2 aliphatic rings. The normalized spacial score (nSPS) is 18.8. The van der Waals surface area contributed by atoms with Gasteiger partial charge >= 0.3 is 0 Å². The van der Waals surface area contributed by atoms with Gasteiger partial charge in [-0.05, 0) is 47.4 Å². The summed E-state index contributed by atoms with van der Waals surface area (Å²) < 4.78 is 29.3. The van der Waals surface area contributed by atoms with E-state index in [1.165, 1.54) is 45.5 Å². The Balaban J connectivity index is 1.37. The lowest BCUT2D eigenvalue weighted by molar-refractivity contribution is -0.205. The van der Waals surface area contributed by atoms with Crippen molar-refractivity contribution in [3.05, 3.63) is 107 Å². The summed E-state index contributed by atoms with van der Waals surface area (Å²) in [7, 11) is 0. The van der Waals surface area contributed by atoms with E-state index in [4.69, 9.17) is 0 Å². The summed E-state index contributed by atoms with van der Waals surface area (Å²) in [5.41, 5.74) is 3.76. The van der Waals surface area contributed by atoms with E-state index in [0.29, 0.717) is 26.9 Å². The van der Waals surface area contributed by atoms with E-state index in [0.717, 1.165) is 0 Å². The van der Waals surface area contributed by atoms with Gasteiger partial charge in [-0.2, -0.15) is 0 Å². The Labute approximate surface area is 262 Å². The molecule has 0 unspecified atom stereocenters. The molecule has 2 fully saturated rings. The number of fused-ring (bicyclic) bond motifs is 2. The Morgan fingerprint density at radius 1 is 1.04 bits per heavy atom. The first-order chi connectivity index (χ1) is 21.7. The maximum atomic E-state index is 14.5. The third-order valence-corrected chi connectivity index (χ3v) is 9.07. The highest BCUT2D eigenvalue weighted by Crippen LogP contribution is 2.32. The number of hydrazine groups is 1. The molecule has 45 heavy (non-hydrogen) atoms. The summed E-state index contributed by atoms with van der Waals surface area (Å²) in [6.07, 6.45) is 1.01. The number of amides is 3. The Bertz CT molecular complexity index is 1760. The number of aromatic nitrogens is 1. The zero-order chi connectivity index (χ0) is 31.7. The van der Waals surface area contributed by atoms with Gasteiger partial charge in [0.05, 0.1) is 28.8 Å². The van der Waals surface area contributed by atoms with Gasteiger partial charge in [-0.1, -0.05) is 42.5 Å². The van der Waals surface area contributed by atoms with Crippen molar-refractivity contribution in [2.45, 2.75) is 38.0 Å². The monoisotopic (exact) mass is 631 g/mol. The average molecular weight is 632 g/mol. The Morgan fingerprint density at radius 2 is 1.82 bits per heavy atom. The molecule has 0 bridgehead atoms. The number of carbonyl (C=O) groups excluding carboxylic acids is 3. The standard InChI is InChI=1S/C33H31F2N5O4S/c1-2-15-38-19-30(43)39-27(16-21-7-11-24(41)12-8-21)33(44)37(17-23-9-13-26(35)32-31(23)36-20-45-32)18-28(39)40(38)29(42)14-10-22-5-3-4-6-25(22)34/h2-9,11-13,20,27-28,41H,1,10,14-19H2/t27-,28-/m0/s1. The smallest absolute Gasteiger partial charge is 0.246 e. The molecule has 2 saturated heterocycles. The van der Waals surface area contributed by atoms with Crippen molar-refractivity contribution >= 4 is 39.3 Å². The number of carbonyl (C=O) groups is 3. The van der Waals surface area contributed by atoms with Crippen molar-refractivity contribution in [3.8, 4) is 5.75 Å². The Kier molecular flexibility index (Phi) is 8.59. The zero-order valence-corrected chi connectivity index (χ0v) is 25.1. The minimum absolute atomic E-state index is 0.00125. The molecule has 0 saturated carbocycles. The number of rotatable bonds is 9. The highest BCUT2D eigenvalue weighted by molar-refractivity contribution is 7.16. The predicted octanol–water partition coefficient (Wildman–Crippen LogP) is 4.27. The SMILES string of the molecule is C=CCN1CC(=O)N2[C@@H](Cc3ccc(O)cc3)C(=O)N(Cc3ccc(F)c4scnc34)C[C@@H]2N1C(=O)CCc1ccccc1F. The molecular formula is C33H31F2N5O4S. The van der Waals surface area contributed by atoms with Gasteiger partial charge in [0.1, 0.15) is 29.6 Å². The number of hydrogen-bond acceptors (Lipinski definition) is 7. The predicted molar refractivity (Wildman–Crippen MR) is 165 cm³/mol. The summed E-state index contributed by atoms with van der Waals surface area (Å²) in [6, 6.07) is 14.7. The van der Waals surface area contributed by atoms with Crippen molar-refractivity contribution in [1.29, 1.82) is 0 Å². The summed E-state index contributed by atoms with van der Waals surface area (Å²) in [5.74, 6) is -1.71. The molecule has 12 heteroatoms. The van der Waals surface area contributed by atoms with Crippen LogP contribution >= 0.6 is 11.3 Å². The van der Waals surface area contributed by atoms with Gasteiger partial charge in [0, 0.05) is 25.9 Å². The van der Waals surface area contributed by atoms with Crippen LogP contribution in [0, 0.1) is 11.6 Å². The number of thiazole rings is 1. The van der Waals surface area contributed by atoms with Crippen LogP contribution in [0.3, 0.4) is 0 Å². The third-order valence-electron chi connectivity index (χ3n) is 8.24. The molecule has 4 aromatic rings. The summed E-state index contributed by atoms with van der Waals surface area (Å²) in [5, 5.41) is 12.9. The number of hydrogen-bond donors (Lipinski definition) is 1. The lowest BCUT2D eigenvalue weighted by atomic mass is 9.98. The van der Waals surface area contributed by atoms with Gasteiger partial charge in [0.2, 0.25) is 17.7 Å². The van der Waals surface area contributed by atoms with Crippen LogP contribution in [0.4, 0.5) is 8.78 Å². The number of phenolic OH excluding ortho intramolecular Hbond substituents is 1. The van der Waals surface area contributed by atoms with Crippen LogP contribution in [0.5, 0.6) is 5.75 Å². The second-order valence-corrected chi connectivity index (χ2v) is 11.9. The van der Waals surface area contributed by atoms with Crippen molar-refractivity contribution in [2.24, 2.45) is 0 Å². The van der Waals surface area contributed by atoms with Gasteiger partial charge in [-0.3, -0.25) is 14.4 Å². The van der Waals surface area contributed by atoms with Crippen molar-refractivity contribution in [3.63, 3.8) is 0 Å². The van der Waals surface area contributed by atoms with Gasteiger partial charge in [-0.25, -0.2) is 23.8 Å². The quantitative estimate of drug-likeness (QED) is 0.278. The number of aromatic hydroxyl groups is 1. The molecule has 0 aliphatic carbocycles. The van der Waals surface area contributed by atoms with Crippen LogP contribution in [-0.2, 0) is 33.8 Å². The lowest BCUT2D eigenvalue weighted by Gasteiger charge is -2.55. The molecule has 2 aliphatic heterocycles. The largest absolute Gasteiger partial charge is 0.508 e. The molecule has 3 heterocycles. The number of aryl methyl sites for hydroxylation is 1. The van der Waals surface area contributed by atoms with Crippen molar-refractivity contribution in [2.75, 3.05) is 19.6 Å². The summed E-state index contributed by atoms with van der Waals surface area (Å²) in [6.45, 7) is 3.94. The van der Waals surface area contributed by atoms with E-state index in [2.05, 4.69) is 11.6 Å².